The van der Waals surface area contributed by atoms with Crippen LogP contribution in [0.5, 0.6) is 5.75 Å². The number of nitrogens with zero attached hydrogens (tertiary/aromatic N) is 2. The lowest BCUT2D eigenvalue weighted by atomic mass is 10.1. The van der Waals surface area contributed by atoms with Gasteiger partial charge in [0.25, 0.3) is 0 Å². The van der Waals surface area contributed by atoms with Crippen molar-refractivity contribution in [2.75, 3.05) is 7.11 Å². The fraction of sp³-hybridized carbons (Fsp3) is 0.300. The van der Waals surface area contributed by atoms with Gasteiger partial charge in [-0.1, -0.05) is 6.07 Å². The average Bonchev–Trinajstić information content (AvgIpc) is 3.15. The average molecular weight is 354 g/mol. The fourth-order valence-electron chi connectivity index (χ4n) is 3.51. The molecule has 2 aromatic carbocycles. The van der Waals surface area contributed by atoms with Gasteiger partial charge in [0.05, 0.1) is 18.2 Å². The second kappa shape index (κ2) is 6.12. The van der Waals surface area contributed by atoms with Crippen LogP contribution in [0.1, 0.15) is 27.3 Å². The van der Waals surface area contributed by atoms with Crippen LogP contribution in [0.3, 0.4) is 0 Å². The van der Waals surface area contributed by atoms with Crippen LogP contribution in [0.25, 0.3) is 11.0 Å². The van der Waals surface area contributed by atoms with Gasteiger partial charge in [-0.15, -0.1) is 0 Å². The molecule has 0 aliphatic heterocycles. The predicted octanol–water partition coefficient (Wildman–Crippen LogP) is 3.35. The lowest BCUT2D eigenvalue weighted by Gasteiger charge is -2.14. The van der Waals surface area contributed by atoms with Gasteiger partial charge >= 0.3 is 5.97 Å². The second-order valence-electron chi connectivity index (χ2n) is 6.61. The van der Waals surface area contributed by atoms with Gasteiger partial charge in [0.1, 0.15) is 29.0 Å². The molecule has 134 valence electrons. The molecule has 1 aliphatic carbocycles. The zero-order chi connectivity index (χ0) is 18.4. The molecule has 6 heteroatoms. The molecule has 1 unspecified atom stereocenters. The molecule has 1 aromatic heterocycles. The summed E-state index contributed by atoms with van der Waals surface area (Å²) < 4.78 is 26.4. The maximum Gasteiger partial charge on any atom is 0.338 e. The van der Waals surface area contributed by atoms with Crippen LogP contribution >= 0.6 is 0 Å². The first-order valence-electron chi connectivity index (χ1n) is 8.45. The Morgan fingerprint density at radius 3 is 2.77 bits per heavy atom. The first kappa shape index (κ1) is 16.6. The van der Waals surface area contributed by atoms with Crippen molar-refractivity contribution in [3.8, 4) is 5.75 Å². The van der Waals surface area contributed by atoms with Crippen LogP contribution in [0.4, 0.5) is 4.39 Å². The van der Waals surface area contributed by atoms with Gasteiger partial charge in [-0.2, -0.15) is 0 Å². The minimum absolute atomic E-state index is 0.120. The Hall–Kier alpha value is -2.89. The number of ether oxygens (including phenoxy) is 2. The van der Waals surface area contributed by atoms with Crippen molar-refractivity contribution in [2.45, 2.75) is 25.9 Å². The van der Waals surface area contributed by atoms with E-state index < -0.39 is 5.97 Å². The first-order valence-corrected chi connectivity index (χ1v) is 8.45. The van der Waals surface area contributed by atoms with E-state index in [4.69, 9.17) is 9.47 Å². The Labute approximate surface area is 150 Å². The van der Waals surface area contributed by atoms with E-state index in [-0.39, 0.29) is 11.9 Å². The number of fused-ring (bicyclic) bond motifs is 2. The molecule has 26 heavy (non-hydrogen) atoms. The number of benzene rings is 2. The van der Waals surface area contributed by atoms with Gasteiger partial charge in [-0.05, 0) is 42.3 Å². The van der Waals surface area contributed by atoms with E-state index in [2.05, 4.69) is 4.98 Å². The summed E-state index contributed by atoms with van der Waals surface area (Å²) in [4.78, 5) is 16.6. The summed E-state index contributed by atoms with van der Waals surface area (Å²) in [7, 11) is 3.24. The van der Waals surface area contributed by atoms with Gasteiger partial charge in [-0.25, -0.2) is 14.2 Å². The highest BCUT2D eigenvalue weighted by Crippen LogP contribution is 2.32. The minimum atomic E-state index is -0.424. The van der Waals surface area contributed by atoms with Gasteiger partial charge < -0.3 is 14.0 Å². The topological polar surface area (TPSA) is 53.4 Å². The van der Waals surface area contributed by atoms with Crippen molar-refractivity contribution in [3.63, 3.8) is 0 Å². The number of hydrogen-bond donors (Lipinski definition) is 0. The highest BCUT2D eigenvalue weighted by Gasteiger charge is 2.25. The van der Waals surface area contributed by atoms with Crippen LogP contribution in [-0.4, -0.2) is 28.7 Å². The highest BCUT2D eigenvalue weighted by atomic mass is 19.1. The SMILES string of the molecule is COC(=O)c1cc(OC2Cc3ccc(F)cc3C2)c2nc(C)n(C)c2c1. The molecule has 1 aliphatic rings. The van der Waals surface area contributed by atoms with Crippen molar-refractivity contribution in [1.82, 2.24) is 9.55 Å². The second-order valence-corrected chi connectivity index (χ2v) is 6.61. The lowest BCUT2D eigenvalue weighted by Crippen LogP contribution is -2.17. The Morgan fingerprint density at radius 1 is 1.23 bits per heavy atom. The number of rotatable bonds is 3. The number of methoxy groups -OCH3 is 1. The van der Waals surface area contributed by atoms with E-state index in [1.165, 1.54) is 13.2 Å². The molecule has 5 nitrogen and oxygen atoms in total. The van der Waals surface area contributed by atoms with Crippen LogP contribution in [0, 0.1) is 12.7 Å². The summed E-state index contributed by atoms with van der Waals surface area (Å²) in [5.74, 6) is 0.709. The summed E-state index contributed by atoms with van der Waals surface area (Å²) in [6.45, 7) is 1.90. The molecule has 1 atom stereocenters. The lowest BCUT2D eigenvalue weighted by molar-refractivity contribution is 0.0600. The van der Waals surface area contributed by atoms with E-state index >= 15 is 0 Å². The van der Waals surface area contributed by atoms with Gasteiger partial charge in [-0.3, -0.25) is 0 Å². The summed E-state index contributed by atoms with van der Waals surface area (Å²) >= 11 is 0. The molecule has 1 heterocycles. The number of halogens is 1. The van der Waals surface area contributed by atoms with E-state index in [0.29, 0.717) is 29.7 Å². The van der Waals surface area contributed by atoms with Crippen molar-refractivity contribution < 1.29 is 18.7 Å². The monoisotopic (exact) mass is 354 g/mol. The number of carbonyl (C=O) groups excluding carboxylic acids is 1. The van der Waals surface area contributed by atoms with Crippen LogP contribution < -0.4 is 4.74 Å². The van der Waals surface area contributed by atoms with Crippen molar-refractivity contribution in [2.24, 2.45) is 7.05 Å². The predicted molar refractivity (Wildman–Crippen MR) is 95.0 cm³/mol. The van der Waals surface area contributed by atoms with E-state index in [1.54, 1.807) is 24.3 Å². The number of imidazole rings is 1. The molecule has 0 amide bonds. The molecule has 0 N–H and O–H groups in total. The summed E-state index contributed by atoms with van der Waals surface area (Å²) in [5.41, 5.74) is 3.99. The molecule has 0 fully saturated rings. The fourth-order valence-corrected chi connectivity index (χ4v) is 3.51. The minimum Gasteiger partial charge on any atom is -0.487 e. The van der Waals surface area contributed by atoms with Gasteiger partial charge in [0, 0.05) is 19.9 Å². The van der Waals surface area contributed by atoms with Crippen molar-refractivity contribution >= 4 is 17.0 Å². The smallest absolute Gasteiger partial charge is 0.338 e. The molecule has 0 bridgehead atoms. The Morgan fingerprint density at radius 2 is 2.00 bits per heavy atom. The van der Waals surface area contributed by atoms with Crippen molar-refractivity contribution in [3.05, 3.63) is 58.7 Å². The molecule has 4 rings (SSSR count). The highest BCUT2D eigenvalue weighted by molar-refractivity contribution is 5.96. The Kier molecular flexibility index (Phi) is 3.90. The molecule has 0 saturated carbocycles. The van der Waals surface area contributed by atoms with Crippen LogP contribution in [-0.2, 0) is 24.6 Å². The van der Waals surface area contributed by atoms with E-state index in [9.17, 15) is 9.18 Å². The third kappa shape index (κ3) is 2.71. The number of esters is 1. The number of carbonyl (C=O) groups is 1. The quantitative estimate of drug-likeness (QED) is 0.677. The first-order chi connectivity index (χ1) is 12.5. The number of hydrogen-bond acceptors (Lipinski definition) is 4. The number of aromatic nitrogens is 2. The molecule has 0 saturated heterocycles. The number of aryl methyl sites for hydroxylation is 2. The van der Waals surface area contributed by atoms with Gasteiger partial charge in [0.2, 0.25) is 0 Å². The largest absolute Gasteiger partial charge is 0.487 e. The summed E-state index contributed by atoms with van der Waals surface area (Å²) in [6.07, 6.45) is 1.21. The Bertz CT molecular complexity index is 1030. The van der Waals surface area contributed by atoms with Gasteiger partial charge in [0.15, 0.2) is 0 Å². The maximum absolute atomic E-state index is 13.4. The Balaban J connectivity index is 1.72. The zero-order valence-electron chi connectivity index (χ0n) is 14.9. The summed E-state index contributed by atoms with van der Waals surface area (Å²) in [5, 5.41) is 0. The van der Waals surface area contributed by atoms with Crippen LogP contribution in [0.2, 0.25) is 0 Å². The molecular formula is C20H19FN2O3. The standard InChI is InChI=1S/C20H19FN2O3/c1-11-22-19-17(23(11)2)9-14(20(24)25-3)10-18(19)26-16-7-12-4-5-15(21)6-13(12)8-16/h4-6,9-10,16H,7-8H2,1-3H3. The normalized spacial score (nSPS) is 15.9. The maximum atomic E-state index is 13.4. The third-order valence-corrected chi connectivity index (χ3v) is 4.95. The molecule has 3 aromatic rings. The molecule has 0 spiro atoms. The molecular weight excluding hydrogens is 335 g/mol. The summed E-state index contributed by atoms with van der Waals surface area (Å²) in [6, 6.07) is 8.26. The zero-order valence-corrected chi connectivity index (χ0v) is 14.9. The third-order valence-electron chi connectivity index (χ3n) is 4.95. The van der Waals surface area contributed by atoms with E-state index in [1.807, 2.05) is 18.5 Å². The van der Waals surface area contributed by atoms with E-state index in [0.717, 1.165) is 22.5 Å². The molecule has 0 radical (unpaired) electrons. The van der Waals surface area contributed by atoms with Crippen molar-refractivity contribution in [1.29, 1.82) is 0 Å². The van der Waals surface area contributed by atoms with Crippen LogP contribution in [0.15, 0.2) is 30.3 Å².